The lowest BCUT2D eigenvalue weighted by Gasteiger charge is -2.57. The number of amides is 1. The van der Waals surface area contributed by atoms with E-state index in [0.717, 1.165) is 47.2 Å². The van der Waals surface area contributed by atoms with Crippen molar-refractivity contribution in [2.24, 2.45) is 5.41 Å². The minimum absolute atomic E-state index is 0.235. The largest absolute Gasteiger partial charge is 0.444 e. The van der Waals surface area contributed by atoms with Crippen LogP contribution in [0.15, 0.2) is 24.3 Å². The van der Waals surface area contributed by atoms with Gasteiger partial charge in [0.2, 0.25) is 5.13 Å². The number of halogens is 1. The first-order valence-corrected chi connectivity index (χ1v) is 11.2. The van der Waals surface area contributed by atoms with Crippen LogP contribution in [-0.2, 0) is 11.2 Å². The fraction of sp³-hybridized carbons (Fsp3) is 0.571. The predicted molar refractivity (Wildman–Crippen MR) is 116 cm³/mol. The molecule has 29 heavy (non-hydrogen) atoms. The van der Waals surface area contributed by atoms with Gasteiger partial charge < -0.3 is 15.4 Å². The highest BCUT2D eigenvalue weighted by atomic mass is 35.5. The molecular weight excluding hydrogens is 408 g/mol. The van der Waals surface area contributed by atoms with Gasteiger partial charge in [-0.2, -0.15) is 4.37 Å². The van der Waals surface area contributed by atoms with E-state index in [9.17, 15) is 4.79 Å². The molecule has 1 spiro atoms. The molecule has 0 saturated heterocycles. The normalized spacial score (nSPS) is 25.8. The van der Waals surface area contributed by atoms with E-state index in [2.05, 4.69) is 20.0 Å². The molecule has 0 unspecified atom stereocenters. The van der Waals surface area contributed by atoms with E-state index in [1.54, 1.807) is 0 Å². The summed E-state index contributed by atoms with van der Waals surface area (Å²) in [6, 6.07) is 8.46. The third kappa shape index (κ3) is 5.20. The van der Waals surface area contributed by atoms with Gasteiger partial charge in [-0.3, -0.25) is 0 Å². The minimum Gasteiger partial charge on any atom is -0.444 e. The van der Waals surface area contributed by atoms with E-state index in [0.29, 0.717) is 17.9 Å². The summed E-state index contributed by atoms with van der Waals surface area (Å²) in [7, 11) is 0. The molecule has 1 aromatic heterocycles. The number of hydrogen-bond acceptors (Lipinski definition) is 6. The van der Waals surface area contributed by atoms with E-state index in [4.69, 9.17) is 16.3 Å². The summed E-state index contributed by atoms with van der Waals surface area (Å²) in [5, 5.41) is 8.12. The smallest absolute Gasteiger partial charge is 0.407 e. The highest BCUT2D eigenvalue weighted by Crippen LogP contribution is 2.56. The van der Waals surface area contributed by atoms with Crippen molar-refractivity contribution in [1.82, 2.24) is 14.7 Å². The predicted octanol–water partition coefficient (Wildman–Crippen LogP) is 5.03. The van der Waals surface area contributed by atoms with E-state index in [-0.39, 0.29) is 12.1 Å². The maximum absolute atomic E-state index is 11.9. The molecule has 6 nitrogen and oxygen atoms in total. The molecule has 4 rings (SSSR count). The summed E-state index contributed by atoms with van der Waals surface area (Å²) >= 11 is 7.35. The Kier molecular flexibility index (Phi) is 5.46. The molecule has 156 valence electrons. The van der Waals surface area contributed by atoms with Crippen molar-refractivity contribution < 1.29 is 9.53 Å². The molecule has 2 saturated carbocycles. The van der Waals surface area contributed by atoms with E-state index in [1.807, 2.05) is 45.0 Å². The monoisotopic (exact) mass is 434 g/mol. The van der Waals surface area contributed by atoms with Crippen LogP contribution in [0.1, 0.15) is 57.8 Å². The number of ether oxygens (including phenoxy) is 1. The molecule has 0 bridgehead atoms. The number of nitrogens with zero attached hydrogens (tertiary/aromatic N) is 2. The molecular formula is C21H27ClN4O2S. The van der Waals surface area contributed by atoms with Gasteiger partial charge in [-0.15, -0.1) is 0 Å². The van der Waals surface area contributed by atoms with Crippen molar-refractivity contribution >= 4 is 34.4 Å². The SMILES string of the molecule is CC(C)(C)OC(=O)NC1CC2(C1)CC(Nc1nc(Cc3ccc(Cl)cc3)ns1)C2. The third-order valence-electron chi connectivity index (χ3n) is 5.51. The summed E-state index contributed by atoms with van der Waals surface area (Å²) in [5.74, 6) is 0.833. The number of carbonyl (C=O) groups is 1. The number of alkyl carbamates (subject to hydrolysis) is 1. The molecule has 0 radical (unpaired) electrons. The number of nitrogens with one attached hydrogen (secondary N) is 2. The first-order chi connectivity index (χ1) is 13.7. The molecule has 1 amide bonds. The Labute approximate surface area is 180 Å². The number of hydrogen-bond donors (Lipinski definition) is 2. The van der Waals surface area contributed by atoms with Crippen LogP contribution in [0.2, 0.25) is 5.02 Å². The Morgan fingerprint density at radius 3 is 2.52 bits per heavy atom. The van der Waals surface area contributed by atoms with Crippen LogP contribution in [0.25, 0.3) is 0 Å². The van der Waals surface area contributed by atoms with Gasteiger partial charge in [0.05, 0.1) is 0 Å². The van der Waals surface area contributed by atoms with Crippen LogP contribution in [-0.4, -0.2) is 33.1 Å². The lowest BCUT2D eigenvalue weighted by molar-refractivity contribution is -0.0178. The van der Waals surface area contributed by atoms with Crippen LogP contribution >= 0.6 is 23.1 Å². The number of aromatic nitrogens is 2. The Bertz CT molecular complexity index is 864. The molecule has 1 heterocycles. The Hall–Kier alpha value is -1.86. The third-order valence-corrected chi connectivity index (χ3v) is 6.45. The second-order valence-corrected chi connectivity index (χ2v) is 10.5. The molecule has 2 aromatic rings. The van der Waals surface area contributed by atoms with Gasteiger partial charge >= 0.3 is 6.09 Å². The first-order valence-electron chi connectivity index (χ1n) is 10.0. The maximum Gasteiger partial charge on any atom is 0.407 e. The first kappa shape index (κ1) is 20.4. The van der Waals surface area contributed by atoms with Crippen LogP contribution in [0.4, 0.5) is 9.93 Å². The number of carbonyl (C=O) groups excluding carboxylic acids is 1. The zero-order valence-corrected chi connectivity index (χ0v) is 18.6. The molecule has 2 aliphatic rings. The van der Waals surface area contributed by atoms with Gasteiger partial charge in [0, 0.05) is 35.1 Å². The van der Waals surface area contributed by atoms with Gasteiger partial charge in [0.25, 0.3) is 0 Å². The Morgan fingerprint density at radius 2 is 1.86 bits per heavy atom. The van der Waals surface area contributed by atoms with Crippen LogP contribution < -0.4 is 10.6 Å². The lowest BCUT2D eigenvalue weighted by atomic mass is 9.52. The molecule has 0 aliphatic heterocycles. The van der Waals surface area contributed by atoms with Crippen molar-refractivity contribution in [3.63, 3.8) is 0 Å². The quantitative estimate of drug-likeness (QED) is 0.690. The summed E-state index contributed by atoms with van der Waals surface area (Å²) in [6.45, 7) is 5.64. The number of anilines is 1. The van der Waals surface area contributed by atoms with Gasteiger partial charge in [0.1, 0.15) is 11.4 Å². The van der Waals surface area contributed by atoms with Crippen LogP contribution in [0.3, 0.4) is 0 Å². The van der Waals surface area contributed by atoms with E-state index < -0.39 is 5.60 Å². The highest BCUT2D eigenvalue weighted by molar-refractivity contribution is 7.09. The van der Waals surface area contributed by atoms with Crippen molar-refractivity contribution in [2.45, 2.75) is 70.6 Å². The second kappa shape index (κ2) is 7.76. The zero-order valence-electron chi connectivity index (χ0n) is 17.0. The molecule has 1 aromatic carbocycles. The molecule has 2 aliphatic carbocycles. The van der Waals surface area contributed by atoms with Gasteiger partial charge in [-0.05, 0) is 69.6 Å². The minimum atomic E-state index is -0.453. The van der Waals surface area contributed by atoms with Gasteiger partial charge in [0.15, 0.2) is 0 Å². The summed E-state index contributed by atoms with van der Waals surface area (Å²) in [5.41, 5.74) is 1.07. The summed E-state index contributed by atoms with van der Waals surface area (Å²) in [6.07, 6.45) is 4.69. The van der Waals surface area contributed by atoms with Gasteiger partial charge in [-0.25, -0.2) is 9.78 Å². The Balaban J connectivity index is 1.19. The van der Waals surface area contributed by atoms with Crippen molar-refractivity contribution in [3.05, 3.63) is 40.7 Å². The molecule has 0 atom stereocenters. The number of benzene rings is 1. The standard InChI is InChI=1S/C21H27ClN4O2S/c1-20(2,3)28-19(27)24-16-11-21(12-16)9-15(10-21)23-18-25-17(26-29-18)8-13-4-6-14(22)7-5-13/h4-7,15-16H,8-12H2,1-3H3,(H,24,27)(H,23,25,26). The fourth-order valence-corrected chi connectivity index (χ4v) is 5.12. The summed E-state index contributed by atoms with van der Waals surface area (Å²) < 4.78 is 9.80. The van der Waals surface area contributed by atoms with E-state index in [1.165, 1.54) is 11.5 Å². The maximum atomic E-state index is 11.9. The topological polar surface area (TPSA) is 76.1 Å². The average molecular weight is 435 g/mol. The Morgan fingerprint density at radius 1 is 1.21 bits per heavy atom. The lowest BCUT2D eigenvalue weighted by Crippen LogP contribution is -2.59. The van der Waals surface area contributed by atoms with Crippen molar-refractivity contribution in [1.29, 1.82) is 0 Å². The van der Waals surface area contributed by atoms with Crippen LogP contribution in [0.5, 0.6) is 0 Å². The van der Waals surface area contributed by atoms with Gasteiger partial charge in [-0.1, -0.05) is 23.7 Å². The van der Waals surface area contributed by atoms with E-state index >= 15 is 0 Å². The molecule has 2 fully saturated rings. The molecule has 2 N–H and O–H groups in total. The van der Waals surface area contributed by atoms with Crippen LogP contribution in [0, 0.1) is 5.41 Å². The second-order valence-electron chi connectivity index (χ2n) is 9.32. The zero-order chi connectivity index (χ0) is 20.6. The number of rotatable bonds is 5. The van der Waals surface area contributed by atoms with Crippen molar-refractivity contribution in [3.8, 4) is 0 Å². The summed E-state index contributed by atoms with van der Waals surface area (Å²) in [4.78, 5) is 16.5. The fourth-order valence-electron chi connectivity index (χ4n) is 4.33. The van der Waals surface area contributed by atoms with Crippen molar-refractivity contribution in [2.75, 3.05) is 5.32 Å². The molecule has 8 heteroatoms. The average Bonchev–Trinajstić information content (AvgIpc) is 2.98. The highest BCUT2D eigenvalue weighted by Gasteiger charge is 2.53.